The van der Waals surface area contributed by atoms with Gasteiger partial charge >= 0.3 is 0 Å². The molecular formula is C23H22Cl2N2O3. The summed E-state index contributed by atoms with van der Waals surface area (Å²) >= 11 is 12.2. The van der Waals surface area contributed by atoms with Gasteiger partial charge in [0.25, 0.3) is 5.91 Å². The van der Waals surface area contributed by atoms with Crippen molar-refractivity contribution in [1.29, 1.82) is 0 Å². The summed E-state index contributed by atoms with van der Waals surface area (Å²) in [6.45, 7) is 0.862. The highest BCUT2D eigenvalue weighted by atomic mass is 35.5. The lowest BCUT2D eigenvalue weighted by Crippen LogP contribution is -2.26. The van der Waals surface area contributed by atoms with E-state index in [9.17, 15) is 4.79 Å². The predicted octanol–water partition coefficient (Wildman–Crippen LogP) is 4.99. The SMILES string of the molecule is COc1ccc(C(=O)NCCc2ccncc2)c(OCCc2ccc(Cl)cc2Cl)c1. The number of pyridine rings is 1. The molecular weight excluding hydrogens is 423 g/mol. The van der Waals surface area contributed by atoms with E-state index in [1.807, 2.05) is 18.2 Å². The summed E-state index contributed by atoms with van der Waals surface area (Å²) in [5.74, 6) is 0.870. The Balaban J connectivity index is 1.63. The smallest absolute Gasteiger partial charge is 0.255 e. The molecule has 0 fully saturated rings. The highest BCUT2D eigenvalue weighted by molar-refractivity contribution is 6.35. The van der Waals surface area contributed by atoms with Gasteiger partial charge in [0.1, 0.15) is 11.5 Å². The molecule has 30 heavy (non-hydrogen) atoms. The first kappa shape index (κ1) is 21.9. The van der Waals surface area contributed by atoms with Crippen LogP contribution in [0.1, 0.15) is 21.5 Å². The number of carbonyl (C=O) groups excluding carboxylic acids is 1. The number of benzene rings is 2. The first-order chi connectivity index (χ1) is 14.6. The highest BCUT2D eigenvalue weighted by Crippen LogP contribution is 2.26. The maximum absolute atomic E-state index is 12.7. The van der Waals surface area contributed by atoms with E-state index in [0.717, 1.165) is 17.5 Å². The van der Waals surface area contributed by atoms with Crippen molar-refractivity contribution in [2.45, 2.75) is 12.8 Å². The van der Waals surface area contributed by atoms with Crippen LogP contribution >= 0.6 is 23.2 Å². The number of amides is 1. The van der Waals surface area contributed by atoms with Gasteiger partial charge in [-0.1, -0.05) is 29.3 Å². The summed E-state index contributed by atoms with van der Waals surface area (Å²) in [6, 6.07) is 14.4. The number of nitrogens with zero attached hydrogens (tertiary/aromatic N) is 1. The van der Waals surface area contributed by atoms with Crippen LogP contribution in [0.4, 0.5) is 0 Å². The second-order valence-corrected chi connectivity index (χ2v) is 7.40. The van der Waals surface area contributed by atoms with E-state index in [2.05, 4.69) is 10.3 Å². The molecule has 1 heterocycles. The van der Waals surface area contributed by atoms with Gasteiger partial charge in [-0.3, -0.25) is 9.78 Å². The van der Waals surface area contributed by atoms with Gasteiger partial charge in [-0.25, -0.2) is 0 Å². The summed E-state index contributed by atoms with van der Waals surface area (Å²) in [5, 5.41) is 4.11. The molecule has 0 radical (unpaired) electrons. The van der Waals surface area contributed by atoms with Crippen molar-refractivity contribution in [3.63, 3.8) is 0 Å². The zero-order valence-corrected chi connectivity index (χ0v) is 18.0. The molecule has 0 aliphatic heterocycles. The Labute approximate surface area is 185 Å². The third kappa shape index (κ3) is 6.12. The standard InChI is InChI=1S/C23H22Cl2N2O3/c1-29-19-4-5-20(23(28)27-12-8-16-6-10-26-11-7-16)22(15-19)30-13-9-17-2-3-18(24)14-21(17)25/h2-7,10-11,14-15H,8-9,12-13H2,1H3,(H,27,28). The van der Waals surface area contributed by atoms with Gasteiger partial charge in [0.05, 0.1) is 19.3 Å². The number of ether oxygens (including phenoxy) is 2. The fourth-order valence-corrected chi connectivity index (χ4v) is 3.40. The lowest BCUT2D eigenvalue weighted by molar-refractivity contribution is 0.0950. The van der Waals surface area contributed by atoms with Crippen LogP contribution in [0.2, 0.25) is 10.0 Å². The molecule has 0 aliphatic rings. The molecule has 0 atom stereocenters. The molecule has 0 saturated heterocycles. The largest absolute Gasteiger partial charge is 0.497 e. The minimum atomic E-state index is -0.203. The summed E-state index contributed by atoms with van der Waals surface area (Å²) in [7, 11) is 1.57. The normalized spacial score (nSPS) is 10.5. The molecule has 1 aromatic heterocycles. The molecule has 2 aromatic carbocycles. The van der Waals surface area contributed by atoms with Crippen LogP contribution in [0.15, 0.2) is 60.9 Å². The first-order valence-corrected chi connectivity index (χ1v) is 10.2. The number of hydrogen-bond acceptors (Lipinski definition) is 4. The van der Waals surface area contributed by atoms with Crippen molar-refractivity contribution in [3.8, 4) is 11.5 Å². The third-order valence-corrected chi connectivity index (χ3v) is 5.11. The molecule has 0 unspecified atom stereocenters. The van der Waals surface area contributed by atoms with Crippen molar-refractivity contribution in [2.75, 3.05) is 20.3 Å². The average molecular weight is 445 g/mol. The summed E-state index contributed by atoms with van der Waals surface area (Å²) in [5.41, 5.74) is 2.48. The van der Waals surface area contributed by atoms with Gasteiger partial charge in [0, 0.05) is 41.5 Å². The third-order valence-electron chi connectivity index (χ3n) is 4.53. The molecule has 3 rings (SSSR count). The fourth-order valence-electron chi connectivity index (χ4n) is 2.90. The second kappa shape index (κ2) is 10.9. The average Bonchev–Trinajstić information content (AvgIpc) is 2.76. The maximum Gasteiger partial charge on any atom is 0.255 e. The fraction of sp³-hybridized carbons (Fsp3) is 0.217. The molecule has 7 heteroatoms. The van der Waals surface area contributed by atoms with Crippen LogP contribution in [0.25, 0.3) is 0 Å². The van der Waals surface area contributed by atoms with E-state index in [1.165, 1.54) is 0 Å². The molecule has 3 aromatic rings. The Morgan fingerprint density at radius 2 is 1.83 bits per heavy atom. The molecule has 0 aliphatic carbocycles. The minimum Gasteiger partial charge on any atom is -0.497 e. The number of carbonyl (C=O) groups is 1. The van der Waals surface area contributed by atoms with E-state index in [-0.39, 0.29) is 5.91 Å². The minimum absolute atomic E-state index is 0.203. The molecule has 0 saturated carbocycles. The predicted molar refractivity (Wildman–Crippen MR) is 119 cm³/mol. The topological polar surface area (TPSA) is 60.5 Å². The quantitative estimate of drug-likeness (QED) is 0.504. The monoisotopic (exact) mass is 444 g/mol. The van der Waals surface area contributed by atoms with Crippen LogP contribution in [0.3, 0.4) is 0 Å². The molecule has 0 spiro atoms. The number of aromatic nitrogens is 1. The lowest BCUT2D eigenvalue weighted by atomic mass is 10.1. The highest BCUT2D eigenvalue weighted by Gasteiger charge is 2.14. The zero-order valence-electron chi connectivity index (χ0n) is 16.5. The van der Waals surface area contributed by atoms with Crippen LogP contribution in [0, 0.1) is 0 Å². The van der Waals surface area contributed by atoms with E-state index < -0.39 is 0 Å². The number of halogens is 2. The van der Waals surface area contributed by atoms with E-state index >= 15 is 0 Å². The van der Waals surface area contributed by atoms with E-state index in [0.29, 0.717) is 46.7 Å². The number of methoxy groups -OCH3 is 1. The van der Waals surface area contributed by atoms with Gasteiger partial charge in [0.15, 0.2) is 0 Å². The Morgan fingerprint density at radius 1 is 1.03 bits per heavy atom. The second-order valence-electron chi connectivity index (χ2n) is 6.56. The van der Waals surface area contributed by atoms with Crippen LogP contribution in [-0.4, -0.2) is 31.2 Å². The van der Waals surface area contributed by atoms with Gasteiger partial charge in [-0.2, -0.15) is 0 Å². The first-order valence-electron chi connectivity index (χ1n) is 9.48. The Morgan fingerprint density at radius 3 is 2.57 bits per heavy atom. The number of nitrogens with one attached hydrogen (secondary N) is 1. The summed E-state index contributed by atoms with van der Waals surface area (Å²) in [4.78, 5) is 16.7. The Bertz CT molecular complexity index is 997. The number of rotatable bonds is 9. The van der Waals surface area contributed by atoms with Crippen molar-refractivity contribution < 1.29 is 14.3 Å². The Hall–Kier alpha value is -2.76. The van der Waals surface area contributed by atoms with Crippen molar-refractivity contribution >= 4 is 29.1 Å². The van der Waals surface area contributed by atoms with Crippen LogP contribution < -0.4 is 14.8 Å². The van der Waals surface area contributed by atoms with Crippen LogP contribution in [-0.2, 0) is 12.8 Å². The van der Waals surface area contributed by atoms with Gasteiger partial charge in [0.2, 0.25) is 0 Å². The number of hydrogen-bond donors (Lipinski definition) is 1. The molecule has 156 valence electrons. The van der Waals surface area contributed by atoms with Crippen molar-refractivity contribution in [1.82, 2.24) is 10.3 Å². The van der Waals surface area contributed by atoms with Gasteiger partial charge in [-0.15, -0.1) is 0 Å². The molecule has 1 N–H and O–H groups in total. The van der Waals surface area contributed by atoms with Crippen molar-refractivity contribution in [3.05, 3.63) is 87.7 Å². The van der Waals surface area contributed by atoms with E-state index in [1.54, 1.807) is 49.8 Å². The van der Waals surface area contributed by atoms with Gasteiger partial charge in [-0.05, 0) is 53.9 Å². The summed E-state index contributed by atoms with van der Waals surface area (Å²) in [6.07, 6.45) is 4.77. The maximum atomic E-state index is 12.7. The molecule has 1 amide bonds. The summed E-state index contributed by atoms with van der Waals surface area (Å²) < 4.78 is 11.2. The van der Waals surface area contributed by atoms with E-state index in [4.69, 9.17) is 32.7 Å². The van der Waals surface area contributed by atoms with Gasteiger partial charge < -0.3 is 14.8 Å². The lowest BCUT2D eigenvalue weighted by Gasteiger charge is -2.14. The van der Waals surface area contributed by atoms with Crippen molar-refractivity contribution in [2.24, 2.45) is 0 Å². The molecule has 5 nitrogen and oxygen atoms in total. The zero-order chi connectivity index (χ0) is 21.3. The van der Waals surface area contributed by atoms with Crippen LogP contribution in [0.5, 0.6) is 11.5 Å². The Kier molecular flexibility index (Phi) is 7.94. The molecule has 0 bridgehead atoms.